The van der Waals surface area contributed by atoms with Crippen LogP contribution in [0.25, 0.3) is 21.8 Å². The van der Waals surface area contributed by atoms with E-state index in [1.54, 1.807) is 59.4 Å². The molecule has 1 N–H and O–H groups in total. The van der Waals surface area contributed by atoms with E-state index in [2.05, 4.69) is 10.2 Å². The SMILES string of the molecule is CCOC(=O)C1(CCCn2c(=O)ccc3ccc(OC)cc32)CCN(CCSc2cccc(F)c2)CC1.CCOC(=O)C1(CCCn2c(=O)ccc3ccc(OC)cc32)CCNCC1. The van der Waals surface area contributed by atoms with Gasteiger partial charge >= 0.3 is 11.9 Å². The van der Waals surface area contributed by atoms with Crippen molar-refractivity contribution < 1.29 is 32.9 Å². The van der Waals surface area contributed by atoms with Gasteiger partial charge in [-0.05, 0) is 157 Å². The van der Waals surface area contributed by atoms with Gasteiger partial charge in [-0.2, -0.15) is 0 Å². The van der Waals surface area contributed by atoms with Crippen molar-refractivity contribution in [3.63, 3.8) is 0 Å². The number of nitrogens with one attached hydrogen (secondary N) is 1. The van der Waals surface area contributed by atoms with Crippen molar-refractivity contribution in [3.05, 3.63) is 111 Å². The van der Waals surface area contributed by atoms with Crippen molar-refractivity contribution in [2.24, 2.45) is 10.8 Å². The maximum atomic E-state index is 13.4. The second-order valence-corrected chi connectivity index (χ2v) is 17.8. The summed E-state index contributed by atoms with van der Waals surface area (Å²) in [5.41, 5.74) is 0.629. The Kier molecular flexibility index (Phi) is 17.5. The average Bonchev–Trinajstić information content (AvgIpc) is 3.31. The molecule has 0 amide bonds. The van der Waals surface area contributed by atoms with E-state index in [1.165, 1.54) is 6.07 Å². The van der Waals surface area contributed by atoms with Gasteiger partial charge in [-0.3, -0.25) is 19.2 Å². The maximum absolute atomic E-state index is 13.4. The molecule has 2 saturated heterocycles. The number of pyridine rings is 2. The van der Waals surface area contributed by atoms with Crippen LogP contribution < -0.4 is 25.9 Å². The molecule has 12 nitrogen and oxygen atoms in total. The number of carbonyl (C=O) groups excluding carboxylic acids is 2. The van der Waals surface area contributed by atoms with Gasteiger partial charge in [0, 0.05) is 54.5 Å². The fourth-order valence-corrected chi connectivity index (χ4v) is 10.00. The maximum Gasteiger partial charge on any atom is 0.312 e. The van der Waals surface area contributed by atoms with Crippen LogP contribution in [0, 0.1) is 16.6 Å². The first-order valence-corrected chi connectivity index (χ1v) is 23.5. The lowest BCUT2D eigenvalue weighted by atomic mass is 9.74. The average molecular weight is 899 g/mol. The Balaban J connectivity index is 0.000000223. The van der Waals surface area contributed by atoms with E-state index in [4.69, 9.17) is 18.9 Å². The standard InChI is InChI=1S/C29H35FN2O4S.C21H28N2O4/c1-3-36-28(34)29(13-16-31(17-14-29)18-19-37-25-7-4-6-23(30)20-25)12-5-15-32-26-21-24(35-2)10-8-22(26)9-11-27(32)33;1-3-27-20(25)21(10-12-22-13-11-21)9-4-14-23-18-15-17(26-2)7-5-16(18)6-8-19(23)24/h4,6-11,20-21H,3,5,12-19H2,1-2H3;5-8,15,22H,3-4,9-14H2,1-2H3. The predicted molar refractivity (Wildman–Crippen MR) is 251 cm³/mol. The first-order chi connectivity index (χ1) is 31.0. The lowest BCUT2D eigenvalue weighted by molar-refractivity contribution is -0.159. The zero-order chi connectivity index (χ0) is 45.5. The van der Waals surface area contributed by atoms with E-state index in [0.717, 1.165) is 109 Å². The smallest absolute Gasteiger partial charge is 0.312 e. The molecular formula is C50H63FN4O8S. The molecule has 0 atom stereocenters. The molecule has 5 aromatic rings. The third-order valence-corrected chi connectivity index (χ3v) is 13.7. The van der Waals surface area contributed by atoms with Gasteiger partial charge in [0.15, 0.2) is 0 Å². The Morgan fingerprint density at radius 2 is 1.17 bits per heavy atom. The van der Waals surface area contributed by atoms with Crippen LogP contribution in [0.5, 0.6) is 11.5 Å². The number of nitrogens with zero attached hydrogens (tertiary/aromatic N) is 3. The number of fused-ring (bicyclic) bond motifs is 2. The van der Waals surface area contributed by atoms with E-state index in [0.29, 0.717) is 44.9 Å². The highest BCUT2D eigenvalue weighted by Gasteiger charge is 2.42. The molecule has 7 rings (SSSR count). The number of likely N-dealkylation sites (tertiary alicyclic amines) is 1. The summed E-state index contributed by atoms with van der Waals surface area (Å²) in [5.74, 6) is 1.85. The summed E-state index contributed by atoms with van der Waals surface area (Å²) in [7, 11) is 3.23. The van der Waals surface area contributed by atoms with Crippen LogP contribution in [0.1, 0.15) is 65.2 Å². The van der Waals surface area contributed by atoms with Crippen LogP contribution in [0.15, 0.2) is 99.4 Å². The Morgan fingerprint density at radius 3 is 1.66 bits per heavy atom. The minimum absolute atomic E-state index is 0.0359. The van der Waals surface area contributed by atoms with Crippen LogP contribution >= 0.6 is 11.8 Å². The Bertz CT molecular complexity index is 2460. The molecular weight excluding hydrogens is 836 g/mol. The van der Waals surface area contributed by atoms with Gasteiger partial charge in [-0.25, -0.2) is 4.39 Å². The zero-order valence-corrected chi connectivity index (χ0v) is 38.5. The highest BCUT2D eigenvalue weighted by Crippen LogP contribution is 2.39. The van der Waals surface area contributed by atoms with Crippen molar-refractivity contribution in [1.29, 1.82) is 0 Å². The molecule has 0 spiro atoms. The lowest BCUT2D eigenvalue weighted by Gasteiger charge is -2.40. The number of halogens is 1. The minimum atomic E-state index is -0.534. The number of thioether (sulfide) groups is 1. The molecule has 2 fully saturated rings. The largest absolute Gasteiger partial charge is 0.497 e. The molecule has 2 aliphatic rings. The highest BCUT2D eigenvalue weighted by molar-refractivity contribution is 7.99. The van der Waals surface area contributed by atoms with Crippen molar-refractivity contribution in [2.75, 3.05) is 65.9 Å². The quantitative estimate of drug-likeness (QED) is 0.0677. The molecule has 64 heavy (non-hydrogen) atoms. The van der Waals surface area contributed by atoms with E-state index < -0.39 is 10.8 Å². The first kappa shape index (κ1) is 48.3. The van der Waals surface area contributed by atoms with Crippen LogP contribution in [0.4, 0.5) is 4.39 Å². The predicted octanol–water partition coefficient (Wildman–Crippen LogP) is 8.09. The molecule has 344 valence electrons. The molecule has 2 aromatic heterocycles. The molecule has 4 heterocycles. The number of hydrogen-bond donors (Lipinski definition) is 1. The summed E-state index contributed by atoms with van der Waals surface area (Å²) in [5, 5.41) is 5.29. The van der Waals surface area contributed by atoms with Crippen LogP contribution in [0.2, 0.25) is 0 Å². The number of ether oxygens (including phenoxy) is 4. The number of benzene rings is 3. The monoisotopic (exact) mass is 898 g/mol. The first-order valence-electron chi connectivity index (χ1n) is 22.5. The van der Waals surface area contributed by atoms with Gasteiger partial charge in [0.2, 0.25) is 0 Å². The fourth-order valence-electron chi connectivity index (χ4n) is 9.04. The van der Waals surface area contributed by atoms with E-state index in [1.807, 2.05) is 68.4 Å². The zero-order valence-electron chi connectivity index (χ0n) is 37.7. The number of methoxy groups -OCH3 is 2. The molecule has 2 aliphatic heterocycles. The van der Waals surface area contributed by atoms with Crippen molar-refractivity contribution in [1.82, 2.24) is 19.4 Å². The van der Waals surface area contributed by atoms with Gasteiger partial charge < -0.3 is 38.3 Å². The Morgan fingerprint density at radius 1 is 0.672 bits per heavy atom. The Labute approximate surface area is 379 Å². The molecule has 14 heteroatoms. The van der Waals surface area contributed by atoms with Gasteiger partial charge in [0.1, 0.15) is 17.3 Å². The summed E-state index contributed by atoms with van der Waals surface area (Å²) < 4.78 is 38.5. The summed E-state index contributed by atoms with van der Waals surface area (Å²) in [6, 6.07) is 25.0. The number of carbonyl (C=O) groups is 2. The lowest BCUT2D eigenvalue weighted by Crippen LogP contribution is -2.46. The minimum Gasteiger partial charge on any atom is -0.497 e. The molecule has 3 aromatic carbocycles. The van der Waals surface area contributed by atoms with Crippen molar-refractivity contribution >= 4 is 45.5 Å². The number of aryl methyl sites for hydroxylation is 2. The second kappa shape index (κ2) is 23.1. The number of hydrogen-bond acceptors (Lipinski definition) is 11. The van der Waals surface area contributed by atoms with Crippen LogP contribution in [-0.2, 0) is 32.2 Å². The molecule has 0 saturated carbocycles. The van der Waals surface area contributed by atoms with Crippen molar-refractivity contribution in [3.8, 4) is 11.5 Å². The molecule has 0 bridgehead atoms. The van der Waals surface area contributed by atoms with E-state index >= 15 is 0 Å². The third kappa shape index (κ3) is 12.1. The van der Waals surface area contributed by atoms with Gasteiger partial charge in [-0.15, -0.1) is 11.8 Å². The van der Waals surface area contributed by atoms with Crippen LogP contribution in [0.3, 0.4) is 0 Å². The normalized spacial score (nSPS) is 15.8. The van der Waals surface area contributed by atoms with Gasteiger partial charge in [0.25, 0.3) is 11.1 Å². The summed E-state index contributed by atoms with van der Waals surface area (Å²) in [6.07, 6.45) is 5.86. The number of aromatic nitrogens is 2. The third-order valence-electron chi connectivity index (χ3n) is 12.7. The number of esters is 2. The van der Waals surface area contributed by atoms with Gasteiger partial charge in [-0.1, -0.05) is 6.07 Å². The molecule has 0 radical (unpaired) electrons. The van der Waals surface area contributed by atoms with E-state index in [-0.39, 0.29) is 28.9 Å². The fraction of sp³-hybridized carbons (Fsp3) is 0.480. The van der Waals surface area contributed by atoms with Crippen molar-refractivity contribution in [2.45, 2.75) is 83.2 Å². The molecule has 0 aliphatic carbocycles. The Hall–Kier alpha value is -5.18. The van der Waals surface area contributed by atoms with Gasteiger partial charge in [0.05, 0.1) is 49.3 Å². The van der Waals surface area contributed by atoms with E-state index in [9.17, 15) is 23.6 Å². The summed E-state index contributed by atoms with van der Waals surface area (Å²) in [6.45, 7) is 9.69. The highest BCUT2D eigenvalue weighted by atomic mass is 32.2. The number of rotatable bonds is 18. The second-order valence-electron chi connectivity index (χ2n) is 16.6. The summed E-state index contributed by atoms with van der Waals surface area (Å²) >= 11 is 1.64. The number of piperidine rings is 2. The molecule has 0 unspecified atom stereocenters. The summed E-state index contributed by atoms with van der Waals surface area (Å²) in [4.78, 5) is 54.1. The topological polar surface area (TPSA) is 130 Å². The van der Waals surface area contributed by atoms with Crippen LogP contribution in [-0.4, -0.2) is 91.9 Å².